The fourth-order valence-corrected chi connectivity index (χ4v) is 1.77. The van der Waals surface area contributed by atoms with Crippen molar-refractivity contribution in [3.63, 3.8) is 0 Å². The Hall–Kier alpha value is -2.45. The van der Waals surface area contributed by atoms with Crippen molar-refractivity contribution in [1.29, 1.82) is 0 Å². The first kappa shape index (κ1) is 19.6. The highest BCUT2D eigenvalue weighted by atomic mass is 16.6. The van der Waals surface area contributed by atoms with E-state index in [1.165, 1.54) is 0 Å². The van der Waals surface area contributed by atoms with Crippen LogP contribution in [-0.2, 0) is 25.8 Å². The molecule has 0 aliphatic rings. The molecule has 0 aliphatic carbocycles. The average Bonchev–Trinajstić information content (AvgIpc) is 2.55. The Labute approximate surface area is 141 Å². The smallest absolute Gasteiger partial charge is 0.246 e. The van der Waals surface area contributed by atoms with Gasteiger partial charge in [0.1, 0.15) is 6.04 Å². The van der Waals surface area contributed by atoms with Gasteiger partial charge in [-0.2, -0.15) is 0 Å². The third-order valence-corrected chi connectivity index (χ3v) is 3.36. The van der Waals surface area contributed by atoms with Gasteiger partial charge in [-0.1, -0.05) is 26.0 Å². The topological polar surface area (TPSA) is 123 Å². The lowest BCUT2D eigenvalue weighted by Crippen LogP contribution is -2.50. The molecule has 8 heteroatoms. The van der Waals surface area contributed by atoms with Gasteiger partial charge in [0.05, 0.1) is 12.6 Å². The number of hydroxylamine groups is 1. The zero-order chi connectivity index (χ0) is 18.1. The van der Waals surface area contributed by atoms with Gasteiger partial charge < -0.3 is 16.4 Å². The fraction of sp³-hybridized carbons (Fsp3) is 0.438. The molecule has 0 fully saturated rings. The van der Waals surface area contributed by atoms with Crippen molar-refractivity contribution in [1.82, 2.24) is 10.8 Å². The summed E-state index contributed by atoms with van der Waals surface area (Å²) in [6.45, 7) is 5.48. The van der Waals surface area contributed by atoms with Crippen LogP contribution < -0.4 is 21.8 Å². The molecule has 0 heterocycles. The van der Waals surface area contributed by atoms with Crippen LogP contribution in [0.5, 0.6) is 0 Å². The van der Waals surface area contributed by atoms with Gasteiger partial charge in [0.25, 0.3) is 0 Å². The summed E-state index contributed by atoms with van der Waals surface area (Å²) in [6, 6.07) is 5.54. The Balaban J connectivity index is 2.51. The maximum Gasteiger partial charge on any atom is 0.246 e. The molecule has 0 aromatic heterocycles. The van der Waals surface area contributed by atoms with Crippen molar-refractivity contribution < 1.29 is 19.2 Å². The lowest BCUT2D eigenvalue weighted by atomic mass is 10.0. The van der Waals surface area contributed by atoms with E-state index in [0.717, 1.165) is 5.56 Å². The minimum absolute atomic E-state index is 0.0104. The van der Waals surface area contributed by atoms with E-state index in [4.69, 9.17) is 10.6 Å². The summed E-state index contributed by atoms with van der Waals surface area (Å²) >= 11 is 0. The molecule has 0 radical (unpaired) electrons. The van der Waals surface area contributed by atoms with Gasteiger partial charge in [0, 0.05) is 5.69 Å². The monoisotopic (exact) mass is 336 g/mol. The largest absolute Gasteiger partial charge is 0.343 e. The highest BCUT2D eigenvalue weighted by Gasteiger charge is 2.22. The number of carbonyl (C=O) groups is 3. The quantitative estimate of drug-likeness (QED) is 0.293. The third-order valence-electron chi connectivity index (χ3n) is 3.36. The molecule has 3 amide bonds. The summed E-state index contributed by atoms with van der Waals surface area (Å²) in [5, 5.41) is 5.29. The maximum atomic E-state index is 12.1. The number of hydrogen-bond acceptors (Lipinski definition) is 5. The predicted octanol–water partition coefficient (Wildman–Crippen LogP) is 0.291. The summed E-state index contributed by atoms with van der Waals surface area (Å²) in [5.74, 6) is -0.711. The number of benzene rings is 1. The second-order valence-corrected chi connectivity index (χ2v) is 5.71. The molecule has 1 aromatic rings. The number of amides is 3. The Bertz CT molecular complexity index is 560. The molecular weight excluding hydrogens is 312 g/mol. The first-order valence-corrected chi connectivity index (χ1v) is 7.62. The van der Waals surface area contributed by atoms with E-state index in [2.05, 4.69) is 16.1 Å². The molecule has 132 valence electrons. The summed E-state index contributed by atoms with van der Waals surface area (Å²) in [7, 11) is 0. The van der Waals surface area contributed by atoms with Crippen molar-refractivity contribution in [2.75, 3.05) is 5.32 Å². The third kappa shape index (κ3) is 6.35. The minimum atomic E-state index is -0.706. The van der Waals surface area contributed by atoms with Gasteiger partial charge in [-0.25, -0.2) is 5.48 Å². The van der Waals surface area contributed by atoms with Crippen LogP contribution in [-0.4, -0.2) is 30.3 Å². The van der Waals surface area contributed by atoms with Crippen molar-refractivity contribution in [2.24, 2.45) is 11.7 Å². The summed E-state index contributed by atoms with van der Waals surface area (Å²) in [6.07, 6.45) is 0.440. The van der Waals surface area contributed by atoms with Gasteiger partial charge in [0.2, 0.25) is 18.2 Å². The Morgan fingerprint density at radius 2 is 1.79 bits per heavy atom. The zero-order valence-corrected chi connectivity index (χ0v) is 14.0. The number of anilines is 1. The summed E-state index contributed by atoms with van der Waals surface area (Å²) in [5.41, 5.74) is 9.25. The standard InChI is InChI=1S/C16H24N4O4/c1-10(2)14(17)16(23)19-11(3)15(22)20-13-6-4-12(5-7-13)8-24-18-9-21/h4-7,9-11,14H,8,17H2,1-3H3,(H,18,21)(H,19,23)(H,20,22)/t11-,14?/m1/s1. The molecule has 1 unspecified atom stereocenters. The van der Waals surface area contributed by atoms with Gasteiger partial charge in [-0.05, 0) is 30.5 Å². The molecule has 0 saturated heterocycles. The SMILES string of the molecule is CC(C)C(N)C(=O)N[C@H](C)C(=O)Nc1ccc(CONC=O)cc1. The molecule has 0 saturated carbocycles. The molecule has 1 rings (SSSR count). The van der Waals surface area contributed by atoms with Crippen molar-refractivity contribution >= 4 is 23.9 Å². The predicted molar refractivity (Wildman–Crippen MR) is 89.5 cm³/mol. The van der Waals surface area contributed by atoms with E-state index < -0.39 is 12.1 Å². The second-order valence-electron chi connectivity index (χ2n) is 5.71. The molecule has 5 N–H and O–H groups in total. The van der Waals surface area contributed by atoms with Crippen LogP contribution in [0.2, 0.25) is 0 Å². The van der Waals surface area contributed by atoms with Crippen molar-refractivity contribution in [3.8, 4) is 0 Å². The number of nitrogens with two attached hydrogens (primary N) is 1. The van der Waals surface area contributed by atoms with E-state index in [1.54, 1.807) is 31.2 Å². The molecule has 0 aliphatic heterocycles. The molecular formula is C16H24N4O4. The molecule has 24 heavy (non-hydrogen) atoms. The second kappa shape index (κ2) is 9.64. The Morgan fingerprint density at radius 1 is 1.17 bits per heavy atom. The molecule has 2 atom stereocenters. The van der Waals surface area contributed by atoms with Gasteiger partial charge >= 0.3 is 0 Å². The van der Waals surface area contributed by atoms with Crippen LogP contribution in [0, 0.1) is 5.92 Å². The highest BCUT2D eigenvalue weighted by molar-refractivity contribution is 5.97. The van der Waals surface area contributed by atoms with Gasteiger partial charge in [0.15, 0.2) is 0 Å². The Kier molecular flexibility index (Phi) is 7.87. The highest BCUT2D eigenvalue weighted by Crippen LogP contribution is 2.10. The first-order chi connectivity index (χ1) is 11.3. The average molecular weight is 336 g/mol. The number of hydrogen-bond donors (Lipinski definition) is 4. The van der Waals surface area contributed by atoms with Crippen LogP contribution in [0.15, 0.2) is 24.3 Å². The lowest BCUT2D eigenvalue weighted by Gasteiger charge is -2.19. The Morgan fingerprint density at radius 3 is 2.33 bits per heavy atom. The number of carbonyl (C=O) groups excluding carboxylic acids is 3. The van der Waals surface area contributed by atoms with Crippen LogP contribution in [0.3, 0.4) is 0 Å². The van der Waals surface area contributed by atoms with Gasteiger partial charge in [-0.3, -0.25) is 19.2 Å². The molecule has 1 aromatic carbocycles. The van der Waals surface area contributed by atoms with Crippen molar-refractivity contribution in [2.45, 2.75) is 39.5 Å². The van der Waals surface area contributed by atoms with Crippen molar-refractivity contribution in [3.05, 3.63) is 29.8 Å². The lowest BCUT2D eigenvalue weighted by molar-refractivity contribution is -0.127. The van der Waals surface area contributed by atoms with E-state index in [-0.39, 0.29) is 24.3 Å². The summed E-state index contributed by atoms with van der Waals surface area (Å²) in [4.78, 5) is 38.9. The molecule has 0 bridgehead atoms. The maximum absolute atomic E-state index is 12.1. The number of nitrogens with one attached hydrogen (secondary N) is 3. The molecule has 0 spiro atoms. The van der Waals surface area contributed by atoms with E-state index in [9.17, 15) is 14.4 Å². The van der Waals surface area contributed by atoms with E-state index >= 15 is 0 Å². The minimum Gasteiger partial charge on any atom is -0.343 e. The first-order valence-electron chi connectivity index (χ1n) is 7.62. The van der Waals surface area contributed by atoms with Gasteiger partial charge in [-0.15, -0.1) is 0 Å². The van der Waals surface area contributed by atoms with Crippen LogP contribution in [0.25, 0.3) is 0 Å². The molecule has 8 nitrogen and oxygen atoms in total. The summed E-state index contributed by atoms with van der Waals surface area (Å²) < 4.78 is 0. The van der Waals surface area contributed by atoms with E-state index in [0.29, 0.717) is 12.1 Å². The van der Waals surface area contributed by atoms with Crippen LogP contribution >= 0.6 is 0 Å². The zero-order valence-electron chi connectivity index (χ0n) is 14.0. The van der Waals surface area contributed by atoms with Crippen LogP contribution in [0.4, 0.5) is 5.69 Å². The van der Waals surface area contributed by atoms with Crippen LogP contribution in [0.1, 0.15) is 26.3 Å². The van der Waals surface area contributed by atoms with E-state index in [1.807, 2.05) is 13.8 Å². The fourth-order valence-electron chi connectivity index (χ4n) is 1.77. The normalized spacial score (nSPS) is 13.0. The number of rotatable bonds is 9.